The molecule has 0 amide bonds. The molecule has 0 radical (unpaired) electrons. The molecule has 0 spiro atoms. The molecule has 0 aliphatic carbocycles. The Morgan fingerprint density at radius 3 is 1.48 bits per heavy atom. The number of hydrogen-bond donors (Lipinski definition) is 0. The van der Waals surface area contributed by atoms with Crippen molar-refractivity contribution in [2.24, 2.45) is 0 Å². The normalized spacial score (nSPS) is 11.6. The van der Waals surface area contributed by atoms with Crippen LogP contribution in [0.2, 0.25) is 0 Å². The van der Waals surface area contributed by atoms with Crippen molar-refractivity contribution in [2.45, 2.75) is 0 Å². The van der Waals surface area contributed by atoms with Crippen molar-refractivity contribution >= 4 is 54.3 Å². The van der Waals surface area contributed by atoms with Gasteiger partial charge in [0.1, 0.15) is 0 Å². The smallest absolute Gasteiger partial charge is 0.164 e. The van der Waals surface area contributed by atoms with Crippen LogP contribution in [0.5, 0.6) is 0 Å². The van der Waals surface area contributed by atoms with Crippen LogP contribution in [0, 0.1) is 0 Å². The minimum Gasteiger partial charge on any atom is -0.309 e. The molecular weight excluding hydrogens is 743 g/mol. The highest BCUT2D eigenvalue weighted by Gasteiger charge is 2.20. The second-order valence-corrected chi connectivity index (χ2v) is 15.4. The third-order valence-electron chi connectivity index (χ3n) is 11.8. The van der Waals surface area contributed by atoms with E-state index in [0.29, 0.717) is 17.5 Å². The van der Waals surface area contributed by atoms with Crippen LogP contribution in [0.15, 0.2) is 212 Å². The Kier molecular flexibility index (Phi) is 8.10. The molecule has 0 aliphatic rings. The second kappa shape index (κ2) is 14.2. The van der Waals surface area contributed by atoms with Crippen molar-refractivity contribution in [2.75, 3.05) is 0 Å². The molecule has 0 unspecified atom stereocenters. The predicted molar refractivity (Wildman–Crippen MR) is 252 cm³/mol. The fourth-order valence-corrected chi connectivity index (χ4v) is 8.98. The number of nitrogens with zero attached hydrogens (tertiary/aromatic N) is 5. The standard InChI is InChI=1S/C56H35N5/c1-5-17-36(18-6-1)53-49-34-48-45-30-29-39(33-51(45)61(40-23-11-4-12-24-40)52(48)35-47(49)44-27-15-16-28-50(44)57-53)41-31-32-46(43-26-14-13-25-42(41)43)56-59-54(37-19-7-2-8-20-37)58-55(60-56)38-21-9-3-10-22-38/h1-35H. The van der Waals surface area contributed by atoms with Crippen LogP contribution in [-0.2, 0) is 0 Å². The van der Waals surface area contributed by atoms with Crippen LogP contribution in [-0.4, -0.2) is 24.5 Å². The highest BCUT2D eigenvalue weighted by atomic mass is 15.0. The van der Waals surface area contributed by atoms with Crippen LogP contribution >= 0.6 is 0 Å². The van der Waals surface area contributed by atoms with Gasteiger partial charge in [0.05, 0.1) is 22.2 Å². The third kappa shape index (κ3) is 5.86. The van der Waals surface area contributed by atoms with Gasteiger partial charge in [-0.15, -0.1) is 0 Å². The summed E-state index contributed by atoms with van der Waals surface area (Å²) in [6, 6.07) is 74.6. The summed E-state index contributed by atoms with van der Waals surface area (Å²) in [6.07, 6.45) is 0. The van der Waals surface area contributed by atoms with Gasteiger partial charge in [-0.25, -0.2) is 19.9 Å². The first-order valence-corrected chi connectivity index (χ1v) is 20.6. The van der Waals surface area contributed by atoms with Crippen LogP contribution in [0.3, 0.4) is 0 Å². The van der Waals surface area contributed by atoms with Crippen LogP contribution in [0.25, 0.3) is 116 Å². The lowest BCUT2D eigenvalue weighted by atomic mass is 9.94. The van der Waals surface area contributed by atoms with Crippen molar-refractivity contribution in [1.29, 1.82) is 0 Å². The van der Waals surface area contributed by atoms with Gasteiger partial charge >= 0.3 is 0 Å². The summed E-state index contributed by atoms with van der Waals surface area (Å²) in [7, 11) is 0. The fourth-order valence-electron chi connectivity index (χ4n) is 8.98. The number of para-hydroxylation sites is 2. The van der Waals surface area contributed by atoms with Crippen molar-refractivity contribution in [3.63, 3.8) is 0 Å². The lowest BCUT2D eigenvalue weighted by Gasteiger charge is -2.14. The van der Waals surface area contributed by atoms with Gasteiger partial charge in [0.25, 0.3) is 0 Å². The van der Waals surface area contributed by atoms with Crippen molar-refractivity contribution in [1.82, 2.24) is 24.5 Å². The van der Waals surface area contributed by atoms with E-state index in [0.717, 1.165) is 82.9 Å². The summed E-state index contributed by atoms with van der Waals surface area (Å²) in [5.41, 5.74) is 11.6. The van der Waals surface area contributed by atoms with Gasteiger partial charge in [0, 0.05) is 49.5 Å². The van der Waals surface area contributed by atoms with Gasteiger partial charge in [-0.2, -0.15) is 0 Å². The number of rotatable bonds is 6. The minimum absolute atomic E-state index is 0.638. The lowest BCUT2D eigenvalue weighted by molar-refractivity contribution is 1.08. The molecule has 0 saturated carbocycles. The summed E-state index contributed by atoms with van der Waals surface area (Å²) in [4.78, 5) is 20.4. The zero-order valence-electron chi connectivity index (χ0n) is 32.9. The van der Waals surface area contributed by atoms with Gasteiger partial charge in [-0.05, 0) is 69.8 Å². The Morgan fingerprint density at radius 1 is 0.279 bits per heavy atom. The number of pyridine rings is 1. The topological polar surface area (TPSA) is 56.5 Å². The molecule has 0 bridgehead atoms. The van der Waals surface area contributed by atoms with Gasteiger partial charge in [0.2, 0.25) is 0 Å². The molecule has 284 valence electrons. The first-order chi connectivity index (χ1) is 30.2. The van der Waals surface area contributed by atoms with Crippen LogP contribution < -0.4 is 0 Å². The van der Waals surface area contributed by atoms with E-state index in [-0.39, 0.29) is 0 Å². The Bertz CT molecular complexity index is 3560. The maximum atomic E-state index is 5.26. The van der Waals surface area contributed by atoms with E-state index in [9.17, 15) is 0 Å². The molecule has 0 N–H and O–H groups in total. The molecule has 3 aromatic heterocycles. The second-order valence-electron chi connectivity index (χ2n) is 15.4. The number of hydrogen-bond acceptors (Lipinski definition) is 4. The highest BCUT2D eigenvalue weighted by molar-refractivity contribution is 6.20. The molecule has 12 aromatic rings. The summed E-state index contributed by atoms with van der Waals surface area (Å²) >= 11 is 0. The predicted octanol–water partition coefficient (Wildman–Crippen LogP) is 14.2. The van der Waals surface area contributed by atoms with E-state index in [2.05, 4.69) is 156 Å². The van der Waals surface area contributed by atoms with Gasteiger partial charge in [-0.3, -0.25) is 0 Å². The van der Waals surface area contributed by atoms with Crippen molar-refractivity contribution < 1.29 is 0 Å². The first kappa shape index (κ1) is 34.7. The van der Waals surface area contributed by atoms with E-state index >= 15 is 0 Å². The van der Waals surface area contributed by atoms with Crippen LogP contribution in [0.1, 0.15) is 0 Å². The Labute approximate surface area is 351 Å². The first-order valence-electron chi connectivity index (χ1n) is 20.6. The molecular formula is C56H35N5. The van der Waals surface area contributed by atoms with E-state index in [1.807, 2.05) is 60.7 Å². The lowest BCUT2D eigenvalue weighted by Crippen LogP contribution is -2.00. The van der Waals surface area contributed by atoms with E-state index < -0.39 is 0 Å². The quantitative estimate of drug-likeness (QED) is 0.158. The molecule has 0 atom stereocenters. The molecule has 5 heteroatoms. The zero-order valence-corrected chi connectivity index (χ0v) is 32.9. The zero-order chi connectivity index (χ0) is 40.3. The van der Waals surface area contributed by atoms with E-state index in [1.165, 1.54) is 16.2 Å². The molecule has 0 fully saturated rings. The average molecular weight is 778 g/mol. The molecule has 3 heterocycles. The Balaban J connectivity index is 1.08. The SMILES string of the molecule is c1ccc(-c2nc(-c3ccccc3)nc(-c3ccc(-c4ccc5c6cc7c(-c8ccccc8)nc8ccccc8c7cc6n(-c6ccccc6)c5c4)c4ccccc34)n2)cc1. The summed E-state index contributed by atoms with van der Waals surface area (Å²) in [5, 5.41) is 8.03. The monoisotopic (exact) mass is 777 g/mol. The fraction of sp³-hybridized carbons (Fsp3) is 0. The number of aromatic nitrogens is 5. The summed E-state index contributed by atoms with van der Waals surface area (Å²) in [5.74, 6) is 1.92. The third-order valence-corrected chi connectivity index (χ3v) is 11.8. The maximum absolute atomic E-state index is 5.26. The van der Waals surface area contributed by atoms with Gasteiger partial charge < -0.3 is 4.57 Å². The van der Waals surface area contributed by atoms with Gasteiger partial charge in [-0.1, -0.05) is 170 Å². The Hall–Kier alpha value is -8.28. The number of benzene rings is 9. The summed E-state index contributed by atoms with van der Waals surface area (Å²) < 4.78 is 2.42. The number of fused-ring (bicyclic) bond motifs is 7. The Morgan fingerprint density at radius 2 is 0.803 bits per heavy atom. The average Bonchev–Trinajstić information content (AvgIpc) is 3.66. The van der Waals surface area contributed by atoms with Crippen LogP contribution in [0.4, 0.5) is 0 Å². The van der Waals surface area contributed by atoms with E-state index in [4.69, 9.17) is 19.9 Å². The minimum atomic E-state index is 0.638. The van der Waals surface area contributed by atoms with Crippen molar-refractivity contribution in [3.8, 4) is 62.2 Å². The van der Waals surface area contributed by atoms with E-state index in [1.54, 1.807) is 0 Å². The molecule has 0 saturated heterocycles. The highest BCUT2D eigenvalue weighted by Crippen LogP contribution is 2.42. The molecule has 9 aromatic carbocycles. The largest absolute Gasteiger partial charge is 0.309 e. The molecule has 61 heavy (non-hydrogen) atoms. The molecule has 12 rings (SSSR count). The van der Waals surface area contributed by atoms with Crippen molar-refractivity contribution in [3.05, 3.63) is 212 Å². The summed E-state index contributed by atoms with van der Waals surface area (Å²) in [6.45, 7) is 0. The molecule has 0 aliphatic heterocycles. The molecule has 5 nitrogen and oxygen atoms in total. The maximum Gasteiger partial charge on any atom is 0.164 e. The van der Waals surface area contributed by atoms with Gasteiger partial charge in [0.15, 0.2) is 17.5 Å².